The number of fused-ring (bicyclic) bond motifs is 1. The van der Waals surface area contributed by atoms with Crippen LogP contribution in [0.5, 0.6) is 0 Å². The molecule has 0 saturated heterocycles. The first-order chi connectivity index (χ1) is 5.25. The number of anilines is 1. The van der Waals surface area contributed by atoms with E-state index in [0.29, 0.717) is 5.82 Å². The smallest absolute Gasteiger partial charge is 0.158 e. The van der Waals surface area contributed by atoms with Crippen LogP contribution in [0.1, 0.15) is 0 Å². The largest absolute Gasteiger partial charge is 0.384 e. The minimum absolute atomic E-state index is 0.505. The van der Waals surface area contributed by atoms with E-state index in [0.717, 1.165) is 10.3 Å². The number of hydrogen-bond donors (Lipinski definition) is 1. The van der Waals surface area contributed by atoms with Crippen LogP contribution in [0.4, 0.5) is 5.82 Å². The van der Waals surface area contributed by atoms with Gasteiger partial charge in [-0.3, -0.25) is 0 Å². The number of hydrogen-bond acceptors (Lipinski definition) is 3. The van der Waals surface area contributed by atoms with Gasteiger partial charge in [-0.1, -0.05) is 0 Å². The zero-order valence-corrected chi connectivity index (χ0v) is 7.12. The Morgan fingerprint density at radius 2 is 2.36 bits per heavy atom. The van der Waals surface area contributed by atoms with Crippen LogP contribution in [0.2, 0.25) is 0 Å². The summed E-state index contributed by atoms with van der Waals surface area (Å²) in [5, 5.41) is 4.07. The summed E-state index contributed by atoms with van der Waals surface area (Å²) in [5.41, 5.74) is 6.21. The van der Waals surface area contributed by atoms with Crippen molar-refractivity contribution in [3.63, 3.8) is 0 Å². The normalized spacial score (nSPS) is 10.6. The Balaban J connectivity index is 2.82. The van der Waals surface area contributed by atoms with Crippen LogP contribution in [0, 0.1) is 0 Å². The average Bonchev–Trinajstić information content (AvgIpc) is 2.27. The maximum atomic E-state index is 5.47. The van der Waals surface area contributed by atoms with E-state index < -0.39 is 0 Å². The fraction of sp³-hybridized carbons (Fsp3) is 0. The van der Waals surface area contributed by atoms with E-state index in [1.807, 2.05) is 0 Å². The lowest BCUT2D eigenvalue weighted by Crippen LogP contribution is -1.93. The monoisotopic (exact) mass is 212 g/mol. The van der Waals surface area contributed by atoms with E-state index in [-0.39, 0.29) is 0 Å². The van der Waals surface area contributed by atoms with Crippen LogP contribution < -0.4 is 5.73 Å². The van der Waals surface area contributed by atoms with Gasteiger partial charge in [0.25, 0.3) is 0 Å². The van der Waals surface area contributed by atoms with Crippen molar-refractivity contribution in [1.82, 2.24) is 14.6 Å². The minimum Gasteiger partial charge on any atom is -0.384 e. The quantitative estimate of drug-likeness (QED) is 0.712. The molecule has 2 aromatic heterocycles. The summed E-state index contributed by atoms with van der Waals surface area (Å²) in [4.78, 5) is 4.04. The van der Waals surface area contributed by atoms with Gasteiger partial charge >= 0.3 is 0 Å². The van der Waals surface area contributed by atoms with E-state index in [9.17, 15) is 0 Å². The molecule has 0 fully saturated rings. The van der Waals surface area contributed by atoms with Gasteiger partial charge in [-0.05, 0) is 22.0 Å². The Kier molecular flexibility index (Phi) is 1.32. The van der Waals surface area contributed by atoms with Gasteiger partial charge in [0.2, 0.25) is 0 Å². The molecule has 5 heteroatoms. The van der Waals surface area contributed by atoms with Gasteiger partial charge in [-0.25, -0.2) is 9.50 Å². The Hall–Kier alpha value is -1.10. The molecule has 0 aliphatic carbocycles. The van der Waals surface area contributed by atoms with Crippen molar-refractivity contribution in [1.29, 1.82) is 0 Å². The lowest BCUT2D eigenvalue weighted by molar-refractivity contribution is 0.929. The number of rotatable bonds is 0. The summed E-state index contributed by atoms with van der Waals surface area (Å²) in [6.45, 7) is 0. The Morgan fingerprint density at radius 3 is 3.18 bits per heavy atom. The molecule has 0 aromatic carbocycles. The SMILES string of the molecule is Nc1ccn2nc(Br)cc2n1. The number of halogens is 1. The molecule has 0 radical (unpaired) electrons. The number of nitrogens with two attached hydrogens (primary N) is 1. The van der Waals surface area contributed by atoms with Crippen molar-refractivity contribution in [2.75, 3.05) is 5.73 Å². The summed E-state index contributed by atoms with van der Waals surface area (Å²) in [6.07, 6.45) is 1.77. The van der Waals surface area contributed by atoms with Crippen molar-refractivity contribution in [2.24, 2.45) is 0 Å². The van der Waals surface area contributed by atoms with Gasteiger partial charge in [0, 0.05) is 12.3 Å². The second kappa shape index (κ2) is 2.20. The first kappa shape index (κ1) is 6.60. The third kappa shape index (κ3) is 1.07. The predicted molar refractivity (Wildman–Crippen MR) is 45.1 cm³/mol. The van der Waals surface area contributed by atoms with Gasteiger partial charge in [0.1, 0.15) is 10.4 Å². The lowest BCUT2D eigenvalue weighted by Gasteiger charge is -1.91. The number of nitrogen functional groups attached to an aromatic ring is 1. The molecule has 56 valence electrons. The molecule has 2 heterocycles. The van der Waals surface area contributed by atoms with Crippen molar-refractivity contribution in [3.8, 4) is 0 Å². The van der Waals surface area contributed by atoms with Crippen molar-refractivity contribution >= 4 is 27.4 Å². The van der Waals surface area contributed by atoms with Crippen molar-refractivity contribution in [2.45, 2.75) is 0 Å². The Bertz CT molecular complexity index is 394. The molecule has 0 spiro atoms. The van der Waals surface area contributed by atoms with Gasteiger partial charge < -0.3 is 5.73 Å². The summed E-state index contributed by atoms with van der Waals surface area (Å²) >= 11 is 3.24. The number of aromatic nitrogens is 3. The van der Waals surface area contributed by atoms with Crippen LogP contribution in [-0.4, -0.2) is 14.6 Å². The molecular weight excluding hydrogens is 208 g/mol. The second-order valence-electron chi connectivity index (χ2n) is 2.12. The van der Waals surface area contributed by atoms with Crippen molar-refractivity contribution in [3.05, 3.63) is 22.9 Å². The highest BCUT2D eigenvalue weighted by molar-refractivity contribution is 9.10. The summed E-state index contributed by atoms with van der Waals surface area (Å²) in [7, 11) is 0. The van der Waals surface area contributed by atoms with E-state index >= 15 is 0 Å². The van der Waals surface area contributed by atoms with Crippen LogP contribution in [0.25, 0.3) is 5.65 Å². The van der Waals surface area contributed by atoms with E-state index in [2.05, 4.69) is 26.0 Å². The Labute approximate surface area is 71.2 Å². The highest BCUT2D eigenvalue weighted by Crippen LogP contribution is 2.10. The molecule has 4 nitrogen and oxygen atoms in total. The third-order valence-corrected chi connectivity index (χ3v) is 1.70. The third-order valence-electron chi connectivity index (χ3n) is 1.32. The molecule has 0 aliphatic heterocycles. The molecule has 0 saturated carbocycles. The fourth-order valence-corrected chi connectivity index (χ4v) is 1.24. The molecule has 0 atom stereocenters. The van der Waals surface area contributed by atoms with Crippen LogP contribution in [0.3, 0.4) is 0 Å². The molecule has 0 unspecified atom stereocenters. The maximum Gasteiger partial charge on any atom is 0.158 e. The standard InChI is InChI=1S/C6H5BrN4/c7-4-3-6-9-5(8)1-2-11(6)10-4/h1-3H,(H2,8,9). The first-order valence-electron chi connectivity index (χ1n) is 3.03. The molecule has 2 N–H and O–H groups in total. The Morgan fingerprint density at radius 1 is 1.55 bits per heavy atom. The predicted octanol–water partition coefficient (Wildman–Crippen LogP) is 1.07. The van der Waals surface area contributed by atoms with Crippen LogP contribution >= 0.6 is 15.9 Å². The summed E-state index contributed by atoms with van der Waals surface area (Å²) in [6, 6.07) is 3.50. The van der Waals surface area contributed by atoms with Gasteiger partial charge in [0.05, 0.1) is 0 Å². The molecule has 2 aromatic rings. The summed E-state index contributed by atoms with van der Waals surface area (Å²) in [5.74, 6) is 0.505. The minimum atomic E-state index is 0.505. The first-order valence-corrected chi connectivity index (χ1v) is 3.82. The number of nitrogens with zero attached hydrogens (tertiary/aromatic N) is 3. The molecule has 2 rings (SSSR count). The van der Waals surface area contributed by atoms with Crippen LogP contribution in [0.15, 0.2) is 22.9 Å². The second-order valence-corrected chi connectivity index (χ2v) is 2.93. The molecule has 0 aliphatic rings. The summed E-state index contributed by atoms with van der Waals surface area (Å²) < 4.78 is 2.41. The van der Waals surface area contributed by atoms with E-state index in [1.54, 1.807) is 22.8 Å². The van der Waals surface area contributed by atoms with Gasteiger partial charge in [-0.2, -0.15) is 5.10 Å². The van der Waals surface area contributed by atoms with Gasteiger partial charge in [-0.15, -0.1) is 0 Å². The molecule has 0 amide bonds. The van der Waals surface area contributed by atoms with Gasteiger partial charge in [0.15, 0.2) is 5.65 Å². The zero-order chi connectivity index (χ0) is 7.84. The molecule has 0 bridgehead atoms. The highest BCUT2D eigenvalue weighted by Gasteiger charge is 1.98. The lowest BCUT2D eigenvalue weighted by atomic mass is 10.6. The van der Waals surface area contributed by atoms with E-state index in [1.165, 1.54) is 0 Å². The topological polar surface area (TPSA) is 56.2 Å². The fourth-order valence-electron chi connectivity index (χ4n) is 0.865. The molecular formula is C6H5BrN4. The van der Waals surface area contributed by atoms with Crippen LogP contribution in [-0.2, 0) is 0 Å². The maximum absolute atomic E-state index is 5.47. The highest BCUT2D eigenvalue weighted by atomic mass is 79.9. The van der Waals surface area contributed by atoms with E-state index in [4.69, 9.17) is 5.73 Å². The van der Waals surface area contributed by atoms with Crippen molar-refractivity contribution < 1.29 is 0 Å². The zero-order valence-electron chi connectivity index (χ0n) is 5.53. The molecule has 11 heavy (non-hydrogen) atoms. The average molecular weight is 213 g/mol.